The number of benzene rings is 1. The van der Waals surface area contributed by atoms with Gasteiger partial charge in [0.05, 0.1) is 36.4 Å². The summed E-state index contributed by atoms with van der Waals surface area (Å²) in [5.74, 6) is -1.45. The normalized spacial score (nSPS) is 14.0. The lowest BCUT2D eigenvalue weighted by atomic mass is 10.1. The van der Waals surface area contributed by atoms with Gasteiger partial charge in [0, 0.05) is 25.7 Å². The lowest BCUT2D eigenvalue weighted by Crippen LogP contribution is -2.41. The van der Waals surface area contributed by atoms with Crippen molar-refractivity contribution >= 4 is 46.1 Å². The third-order valence-electron chi connectivity index (χ3n) is 5.29. The van der Waals surface area contributed by atoms with Gasteiger partial charge in [0.2, 0.25) is 0 Å². The minimum atomic E-state index is -0.658. The van der Waals surface area contributed by atoms with Crippen LogP contribution in [0.1, 0.15) is 33.6 Å². The van der Waals surface area contributed by atoms with Crippen molar-refractivity contribution in [1.29, 1.82) is 0 Å². The number of fused-ring (bicyclic) bond motifs is 1. The van der Waals surface area contributed by atoms with Crippen molar-refractivity contribution in [3.8, 4) is 0 Å². The first-order chi connectivity index (χ1) is 15.8. The van der Waals surface area contributed by atoms with Crippen LogP contribution < -0.4 is 16.8 Å². The molecule has 4 rings (SSSR count). The molecule has 1 saturated heterocycles. The Morgan fingerprint density at radius 2 is 1.91 bits per heavy atom. The number of nitrogens with two attached hydrogens (primary N) is 2. The lowest BCUT2D eigenvalue weighted by molar-refractivity contribution is 0.0300. The summed E-state index contributed by atoms with van der Waals surface area (Å²) < 4.78 is 21.8. The molecule has 0 radical (unpaired) electrons. The second kappa shape index (κ2) is 9.16. The van der Waals surface area contributed by atoms with Crippen molar-refractivity contribution in [3.05, 3.63) is 40.2 Å². The number of halogens is 2. The number of nitrogens with one attached hydrogen (secondary N) is 1. The van der Waals surface area contributed by atoms with Crippen molar-refractivity contribution in [1.82, 2.24) is 29.7 Å². The number of amides is 2. The molecular formula is C20H22ClFN8O3. The number of morpholine rings is 1. The van der Waals surface area contributed by atoms with Gasteiger partial charge >= 0.3 is 0 Å². The molecule has 1 fully saturated rings. The Morgan fingerprint density at radius 1 is 1.18 bits per heavy atom. The van der Waals surface area contributed by atoms with E-state index >= 15 is 0 Å². The van der Waals surface area contributed by atoms with Gasteiger partial charge in [-0.2, -0.15) is 0 Å². The molecule has 5 N–H and O–H groups in total. The molecule has 1 aliphatic rings. The minimum Gasteiger partial charge on any atom is -0.382 e. The van der Waals surface area contributed by atoms with Crippen molar-refractivity contribution in [2.45, 2.75) is 20.0 Å². The first kappa shape index (κ1) is 22.7. The summed E-state index contributed by atoms with van der Waals surface area (Å²) in [4.78, 5) is 39.0. The Balaban J connectivity index is 1.60. The number of nitrogens with zero attached hydrogens (tertiary/aromatic N) is 5. The number of hydrogen-bond acceptors (Lipinski definition) is 8. The molecule has 0 aliphatic carbocycles. The van der Waals surface area contributed by atoms with E-state index in [9.17, 15) is 14.0 Å². The molecule has 33 heavy (non-hydrogen) atoms. The lowest BCUT2D eigenvalue weighted by Gasteiger charge is -2.27. The Hall–Kier alpha value is -3.51. The van der Waals surface area contributed by atoms with E-state index in [1.54, 1.807) is 9.47 Å². The number of rotatable bonds is 5. The zero-order valence-corrected chi connectivity index (χ0v) is 18.5. The fourth-order valence-electron chi connectivity index (χ4n) is 3.64. The molecular weight excluding hydrogens is 455 g/mol. The number of nitrogen functional groups attached to an aromatic ring is 2. The van der Waals surface area contributed by atoms with Crippen molar-refractivity contribution < 1.29 is 18.7 Å². The molecule has 0 atom stereocenters. The van der Waals surface area contributed by atoms with Crippen LogP contribution in [0.4, 0.5) is 16.0 Å². The Kier molecular flexibility index (Phi) is 6.29. The number of aromatic nitrogens is 4. The molecule has 1 aromatic carbocycles. The number of hydrogen-bond donors (Lipinski definition) is 3. The van der Waals surface area contributed by atoms with Crippen LogP contribution in [0.25, 0.3) is 11.0 Å². The number of carbonyl (C=O) groups excluding carboxylic acids is 2. The predicted molar refractivity (Wildman–Crippen MR) is 119 cm³/mol. The van der Waals surface area contributed by atoms with Gasteiger partial charge in [0.15, 0.2) is 22.5 Å². The van der Waals surface area contributed by atoms with Crippen LogP contribution in [0.3, 0.4) is 0 Å². The average Bonchev–Trinajstić information content (AvgIpc) is 3.15. The summed E-state index contributed by atoms with van der Waals surface area (Å²) in [6.45, 7) is 4.00. The summed E-state index contributed by atoms with van der Waals surface area (Å²) in [5.41, 5.74) is 12.0. The van der Waals surface area contributed by atoms with Crippen LogP contribution >= 0.6 is 11.6 Å². The maximum Gasteiger partial charge on any atom is 0.274 e. The van der Waals surface area contributed by atoms with Crippen LogP contribution in [0.2, 0.25) is 5.15 Å². The highest BCUT2D eigenvalue weighted by Crippen LogP contribution is 2.23. The van der Waals surface area contributed by atoms with Gasteiger partial charge in [0.1, 0.15) is 11.6 Å². The minimum absolute atomic E-state index is 0.00116. The van der Waals surface area contributed by atoms with Crippen molar-refractivity contribution in [2.75, 3.05) is 37.8 Å². The van der Waals surface area contributed by atoms with Crippen LogP contribution in [0.15, 0.2) is 12.1 Å². The Morgan fingerprint density at radius 3 is 2.61 bits per heavy atom. The quantitative estimate of drug-likeness (QED) is 0.496. The largest absolute Gasteiger partial charge is 0.382 e. The van der Waals surface area contributed by atoms with Gasteiger partial charge in [-0.1, -0.05) is 11.6 Å². The second-order valence-electron chi connectivity index (χ2n) is 7.31. The zero-order chi connectivity index (χ0) is 23.7. The van der Waals surface area contributed by atoms with E-state index in [0.717, 1.165) is 0 Å². The molecule has 0 unspecified atom stereocenters. The van der Waals surface area contributed by atoms with Crippen LogP contribution in [-0.4, -0.2) is 62.5 Å². The molecule has 0 saturated carbocycles. The van der Waals surface area contributed by atoms with Gasteiger partial charge in [-0.3, -0.25) is 9.59 Å². The summed E-state index contributed by atoms with van der Waals surface area (Å²) in [7, 11) is 0. The molecule has 174 valence electrons. The van der Waals surface area contributed by atoms with Crippen molar-refractivity contribution in [3.63, 3.8) is 0 Å². The SMILES string of the molecule is CCn1c(CNC(=O)c2nc(Cl)c(N)nc2N)nc2cc(F)c(C(=O)N3CCOCC3)cc21. The predicted octanol–water partition coefficient (Wildman–Crippen LogP) is 1.21. The monoisotopic (exact) mass is 476 g/mol. The summed E-state index contributed by atoms with van der Waals surface area (Å²) >= 11 is 5.84. The van der Waals surface area contributed by atoms with Gasteiger partial charge < -0.3 is 31.0 Å². The molecule has 13 heteroatoms. The fraction of sp³-hybridized carbons (Fsp3) is 0.350. The summed E-state index contributed by atoms with van der Waals surface area (Å²) in [5, 5.41) is 2.52. The molecule has 0 bridgehead atoms. The van der Waals surface area contributed by atoms with E-state index in [1.807, 2.05) is 6.92 Å². The van der Waals surface area contributed by atoms with Crippen LogP contribution in [0.5, 0.6) is 0 Å². The van der Waals surface area contributed by atoms with E-state index in [-0.39, 0.29) is 34.6 Å². The van der Waals surface area contributed by atoms with E-state index in [1.165, 1.54) is 12.1 Å². The highest BCUT2D eigenvalue weighted by atomic mass is 35.5. The third-order valence-corrected chi connectivity index (χ3v) is 5.57. The van der Waals surface area contributed by atoms with Gasteiger partial charge in [0.25, 0.3) is 11.8 Å². The maximum atomic E-state index is 14.8. The Labute approximate surface area is 192 Å². The average molecular weight is 477 g/mol. The fourth-order valence-corrected chi connectivity index (χ4v) is 3.76. The van der Waals surface area contributed by atoms with E-state index in [0.29, 0.717) is 49.7 Å². The number of imidazole rings is 1. The topological polar surface area (TPSA) is 154 Å². The van der Waals surface area contributed by atoms with Gasteiger partial charge in [-0.05, 0) is 13.0 Å². The molecule has 1 aliphatic heterocycles. The van der Waals surface area contributed by atoms with E-state index < -0.39 is 17.6 Å². The number of ether oxygens (including phenoxy) is 1. The number of carbonyl (C=O) groups is 2. The molecule has 3 aromatic rings. The molecule has 3 heterocycles. The maximum absolute atomic E-state index is 14.8. The Bertz CT molecular complexity index is 1240. The van der Waals surface area contributed by atoms with Crippen LogP contribution in [-0.2, 0) is 17.8 Å². The van der Waals surface area contributed by atoms with Gasteiger partial charge in [-0.15, -0.1) is 0 Å². The molecule has 2 amide bonds. The van der Waals surface area contributed by atoms with E-state index in [2.05, 4.69) is 20.3 Å². The van der Waals surface area contributed by atoms with Crippen LogP contribution in [0, 0.1) is 5.82 Å². The summed E-state index contributed by atoms with van der Waals surface area (Å²) in [6.07, 6.45) is 0. The van der Waals surface area contributed by atoms with E-state index in [4.69, 9.17) is 27.8 Å². The first-order valence-electron chi connectivity index (χ1n) is 10.2. The molecule has 11 nitrogen and oxygen atoms in total. The third kappa shape index (κ3) is 4.39. The highest BCUT2D eigenvalue weighted by Gasteiger charge is 2.24. The van der Waals surface area contributed by atoms with Gasteiger partial charge in [-0.25, -0.2) is 19.3 Å². The standard InChI is InChI=1S/C20H22ClFN8O3/c1-2-30-13-7-10(20(32)29-3-5-33-6-4-29)11(22)8-12(13)26-14(30)9-25-19(31)15-17(23)28-18(24)16(21)27-15/h7-8H,2-6,9H2,1H3,(H,25,31)(H4,23,24,28). The smallest absolute Gasteiger partial charge is 0.274 e. The highest BCUT2D eigenvalue weighted by molar-refractivity contribution is 6.31. The second-order valence-corrected chi connectivity index (χ2v) is 7.67. The summed E-state index contributed by atoms with van der Waals surface area (Å²) in [6, 6.07) is 2.72. The molecule has 2 aromatic heterocycles. The van der Waals surface area contributed by atoms with Crippen molar-refractivity contribution in [2.24, 2.45) is 0 Å². The zero-order valence-electron chi connectivity index (χ0n) is 17.8. The number of aryl methyl sites for hydroxylation is 1. The first-order valence-corrected chi connectivity index (χ1v) is 10.6. The molecule has 0 spiro atoms. The number of anilines is 2.